The van der Waals surface area contributed by atoms with E-state index < -0.39 is 18.4 Å². The number of halogens is 3. The summed E-state index contributed by atoms with van der Waals surface area (Å²) < 4.78 is 41.2. The molecule has 5 heteroatoms. The minimum atomic E-state index is -4.64. The van der Waals surface area contributed by atoms with Gasteiger partial charge in [-0.1, -0.05) is 30.3 Å². The van der Waals surface area contributed by atoms with Gasteiger partial charge < -0.3 is 9.84 Å². The van der Waals surface area contributed by atoms with E-state index in [1.54, 1.807) is 30.3 Å². The quantitative estimate of drug-likeness (QED) is 0.867. The molecule has 0 unspecified atom stereocenters. The molecule has 1 N–H and O–H groups in total. The molecule has 1 aromatic carbocycles. The Hall–Kier alpha value is -1.07. The van der Waals surface area contributed by atoms with E-state index in [1.807, 2.05) is 0 Å². The zero-order chi connectivity index (χ0) is 12.2. The highest BCUT2D eigenvalue weighted by molar-refractivity contribution is 5.13. The van der Waals surface area contributed by atoms with Gasteiger partial charge in [-0.3, -0.25) is 0 Å². The summed E-state index contributed by atoms with van der Waals surface area (Å²) in [5.41, 5.74) is 0.767. The van der Waals surface area contributed by atoms with Crippen LogP contribution in [0.3, 0.4) is 0 Å². The Bertz CT molecular complexity index is 311. The highest BCUT2D eigenvalue weighted by atomic mass is 19.4. The van der Waals surface area contributed by atoms with Crippen LogP contribution in [0.4, 0.5) is 13.2 Å². The summed E-state index contributed by atoms with van der Waals surface area (Å²) in [6.07, 6.45) is -8.37. The lowest BCUT2D eigenvalue weighted by atomic mass is 10.2. The third-order valence-corrected chi connectivity index (χ3v) is 2.14. The van der Waals surface area contributed by atoms with Crippen LogP contribution in [0.1, 0.15) is 12.5 Å². The van der Waals surface area contributed by atoms with E-state index in [1.165, 1.54) is 6.92 Å². The standard InChI is InChI=1S/C11H13F3O2/c1-8(10(15)11(12,13)14)16-7-9-5-3-2-4-6-9/h2-6,8,10,15H,7H2,1H3/t8-,10-/m0/s1. The average Bonchev–Trinajstić information content (AvgIpc) is 2.25. The molecule has 0 aliphatic carbocycles. The van der Waals surface area contributed by atoms with Crippen LogP contribution in [0.5, 0.6) is 0 Å². The fraction of sp³-hybridized carbons (Fsp3) is 0.455. The van der Waals surface area contributed by atoms with E-state index in [-0.39, 0.29) is 6.61 Å². The number of aliphatic hydroxyl groups excluding tert-OH is 1. The van der Waals surface area contributed by atoms with Crippen molar-refractivity contribution in [1.82, 2.24) is 0 Å². The fourth-order valence-corrected chi connectivity index (χ4v) is 1.16. The van der Waals surface area contributed by atoms with Gasteiger partial charge >= 0.3 is 6.18 Å². The first-order valence-electron chi connectivity index (χ1n) is 4.81. The van der Waals surface area contributed by atoms with Gasteiger partial charge in [-0.05, 0) is 12.5 Å². The van der Waals surface area contributed by atoms with Crippen molar-refractivity contribution in [1.29, 1.82) is 0 Å². The van der Waals surface area contributed by atoms with Gasteiger partial charge in [0.2, 0.25) is 0 Å². The van der Waals surface area contributed by atoms with Gasteiger partial charge in [0, 0.05) is 0 Å². The van der Waals surface area contributed by atoms with E-state index in [4.69, 9.17) is 9.84 Å². The van der Waals surface area contributed by atoms with Gasteiger partial charge in [-0.25, -0.2) is 0 Å². The molecule has 2 nitrogen and oxygen atoms in total. The molecule has 0 radical (unpaired) electrons. The molecule has 0 heterocycles. The summed E-state index contributed by atoms with van der Waals surface area (Å²) in [6.45, 7) is 1.25. The summed E-state index contributed by atoms with van der Waals surface area (Å²) in [5.74, 6) is 0. The largest absolute Gasteiger partial charge is 0.416 e. The first-order chi connectivity index (χ1) is 7.41. The van der Waals surface area contributed by atoms with Gasteiger partial charge in [-0.15, -0.1) is 0 Å². The van der Waals surface area contributed by atoms with Gasteiger partial charge in [0.15, 0.2) is 6.10 Å². The maximum Gasteiger partial charge on any atom is 0.416 e. The molecule has 0 aliphatic rings. The van der Waals surface area contributed by atoms with Gasteiger partial charge in [-0.2, -0.15) is 13.2 Å². The number of hydrogen-bond acceptors (Lipinski definition) is 2. The Morgan fingerprint density at radius 2 is 1.81 bits per heavy atom. The molecule has 1 rings (SSSR count). The van der Waals surface area contributed by atoms with Crippen LogP contribution in [-0.4, -0.2) is 23.5 Å². The second-order valence-electron chi connectivity index (χ2n) is 3.49. The van der Waals surface area contributed by atoms with E-state index >= 15 is 0 Å². The number of aliphatic hydroxyl groups is 1. The first-order valence-corrected chi connectivity index (χ1v) is 4.81. The van der Waals surface area contributed by atoms with Crippen LogP contribution >= 0.6 is 0 Å². The van der Waals surface area contributed by atoms with Crippen molar-refractivity contribution in [2.45, 2.75) is 31.9 Å². The van der Waals surface area contributed by atoms with Crippen LogP contribution in [-0.2, 0) is 11.3 Å². The van der Waals surface area contributed by atoms with Crippen LogP contribution < -0.4 is 0 Å². The van der Waals surface area contributed by atoms with Gasteiger partial charge in [0.1, 0.15) is 0 Å². The molecule has 0 amide bonds. The van der Waals surface area contributed by atoms with E-state index in [0.717, 1.165) is 5.56 Å². The monoisotopic (exact) mass is 234 g/mol. The van der Waals surface area contributed by atoms with Gasteiger partial charge in [0.05, 0.1) is 12.7 Å². The lowest BCUT2D eigenvalue weighted by Crippen LogP contribution is -2.39. The molecule has 16 heavy (non-hydrogen) atoms. The molecule has 0 saturated heterocycles. The summed E-state index contributed by atoms with van der Waals surface area (Å²) >= 11 is 0. The number of alkyl halides is 3. The van der Waals surface area contributed by atoms with Crippen molar-refractivity contribution >= 4 is 0 Å². The summed E-state index contributed by atoms with van der Waals surface area (Å²) in [5, 5.41) is 8.88. The lowest BCUT2D eigenvalue weighted by molar-refractivity contribution is -0.235. The molecular weight excluding hydrogens is 221 g/mol. The Labute approximate surface area is 91.7 Å². The number of hydrogen-bond donors (Lipinski definition) is 1. The normalized spacial score (nSPS) is 15.8. The van der Waals surface area contributed by atoms with Crippen molar-refractivity contribution < 1.29 is 23.0 Å². The number of ether oxygens (including phenoxy) is 1. The predicted molar refractivity (Wildman–Crippen MR) is 52.8 cm³/mol. The van der Waals surface area contributed by atoms with Crippen LogP contribution in [0.2, 0.25) is 0 Å². The maximum absolute atomic E-state index is 12.1. The van der Waals surface area contributed by atoms with Crippen molar-refractivity contribution in [2.75, 3.05) is 0 Å². The minimum absolute atomic E-state index is 0.0507. The molecule has 2 atom stereocenters. The van der Waals surface area contributed by atoms with Crippen LogP contribution in [0, 0.1) is 0 Å². The fourth-order valence-electron chi connectivity index (χ4n) is 1.16. The minimum Gasteiger partial charge on any atom is -0.381 e. The number of benzene rings is 1. The van der Waals surface area contributed by atoms with Crippen LogP contribution in [0.25, 0.3) is 0 Å². The van der Waals surface area contributed by atoms with E-state index in [0.29, 0.717) is 0 Å². The predicted octanol–water partition coefficient (Wildman–Crippen LogP) is 2.51. The molecule has 0 aromatic heterocycles. The molecule has 90 valence electrons. The zero-order valence-electron chi connectivity index (χ0n) is 8.74. The van der Waals surface area contributed by atoms with Crippen molar-refractivity contribution in [3.8, 4) is 0 Å². The second-order valence-corrected chi connectivity index (χ2v) is 3.49. The average molecular weight is 234 g/mol. The van der Waals surface area contributed by atoms with E-state index in [2.05, 4.69) is 0 Å². The maximum atomic E-state index is 12.1. The van der Waals surface area contributed by atoms with Crippen molar-refractivity contribution in [3.05, 3.63) is 35.9 Å². The molecular formula is C11H13F3O2. The molecule has 0 fully saturated rings. The molecule has 1 aromatic rings. The SMILES string of the molecule is C[C@H](OCc1ccccc1)[C@H](O)C(F)(F)F. The van der Waals surface area contributed by atoms with Crippen LogP contribution in [0.15, 0.2) is 30.3 Å². The first kappa shape index (κ1) is 13.0. The highest BCUT2D eigenvalue weighted by Crippen LogP contribution is 2.24. The molecule has 0 aliphatic heterocycles. The third-order valence-electron chi connectivity index (χ3n) is 2.14. The Balaban J connectivity index is 2.44. The van der Waals surface area contributed by atoms with E-state index in [9.17, 15) is 13.2 Å². The van der Waals surface area contributed by atoms with Crippen molar-refractivity contribution in [2.24, 2.45) is 0 Å². The molecule has 0 spiro atoms. The zero-order valence-corrected chi connectivity index (χ0v) is 8.74. The van der Waals surface area contributed by atoms with Gasteiger partial charge in [0.25, 0.3) is 0 Å². The summed E-state index contributed by atoms with van der Waals surface area (Å²) in [7, 11) is 0. The Morgan fingerprint density at radius 3 is 2.31 bits per heavy atom. The second kappa shape index (κ2) is 5.32. The topological polar surface area (TPSA) is 29.5 Å². The smallest absolute Gasteiger partial charge is 0.381 e. The molecule has 0 saturated carbocycles. The van der Waals surface area contributed by atoms with Crippen molar-refractivity contribution in [3.63, 3.8) is 0 Å². The highest BCUT2D eigenvalue weighted by Gasteiger charge is 2.42. The Morgan fingerprint density at radius 1 is 1.25 bits per heavy atom. The lowest BCUT2D eigenvalue weighted by Gasteiger charge is -2.21. The molecule has 0 bridgehead atoms. The summed E-state index contributed by atoms with van der Waals surface area (Å²) in [6, 6.07) is 8.82. The number of rotatable bonds is 4. The third kappa shape index (κ3) is 3.83. The summed E-state index contributed by atoms with van der Waals surface area (Å²) in [4.78, 5) is 0. The Kier molecular flexibility index (Phi) is 4.32.